The summed E-state index contributed by atoms with van der Waals surface area (Å²) in [6.07, 6.45) is 1.27. The molecule has 1 N–H and O–H groups in total. The fourth-order valence-electron chi connectivity index (χ4n) is 3.10. The quantitative estimate of drug-likeness (QED) is 0.818. The monoisotopic (exact) mass is 345 g/mol. The van der Waals surface area contributed by atoms with Gasteiger partial charge in [0.1, 0.15) is 0 Å². The molecule has 2 aromatic rings. The largest absolute Gasteiger partial charge is 0.317 e. The van der Waals surface area contributed by atoms with Gasteiger partial charge in [-0.3, -0.25) is 4.18 Å². The molecule has 2 aromatic carbocycles. The second kappa shape index (κ2) is 7.92. The molecule has 128 valence electrons. The van der Waals surface area contributed by atoms with E-state index < -0.39 is 10.1 Å². The van der Waals surface area contributed by atoms with E-state index >= 15 is 0 Å². The minimum Gasteiger partial charge on any atom is -0.317 e. The molecule has 0 atom stereocenters. The summed E-state index contributed by atoms with van der Waals surface area (Å²) in [5, 5.41) is 3.22. The van der Waals surface area contributed by atoms with Crippen molar-refractivity contribution >= 4 is 10.1 Å². The third-order valence-corrected chi connectivity index (χ3v) is 5.65. The predicted molar refractivity (Wildman–Crippen MR) is 95.5 cm³/mol. The standard InChI is InChI=1S/C19H23NO3S/c21-24(22,23-18-11-13-20-14-12-18)15-19(16-7-3-1-4-8-16)17-9-5-2-6-10-17/h1-10,18-20H,11-15H2. The van der Waals surface area contributed by atoms with E-state index in [9.17, 15) is 8.42 Å². The Kier molecular flexibility index (Phi) is 5.66. The average molecular weight is 345 g/mol. The Morgan fingerprint density at radius 1 is 0.917 bits per heavy atom. The van der Waals surface area contributed by atoms with Gasteiger partial charge < -0.3 is 5.32 Å². The lowest BCUT2D eigenvalue weighted by molar-refractivity contribution is 0.169. The van der Waals surface area contributed by atoms with Crippen LogP contribution >= 0.6 is 0 Å². The van der Waals surface area contributed by atoms with Crippen molar-refractivity contribution in [1.29, 1.82) is 0 Å². The van der Waals surface area contributed by atoms with Gasteiger partial charge in [-0.15, -0.1) is 0 Å². The van der Waals surface area contributed by atoms with Crippen molar-refractivity contribution in [2.75, 3.05) is 18.8 Å². The van der Waals surface area contributed by atoms with Gasteiger partial charge in [0.05, 0.1) is 11.9 Å². The van der Waals surface area contributed by atoms with Crippen LogP contribution in [0.15, 0.2) is 60.7 Å². The van der Waals surface area contributed by atoms with E-state index in [0.29, 0.717) is 0 Å². The summed E-state index contributed by atoms with van der Waals surface area (Å²) < 4.78 is 30.7. The Morgan fingerprint density at radius 2 is 1.42 bits per heavy atom. The summed E-state index contributed by atoms with van der Waals surface area (Å²) in [6, 6.07) is 19.5. The highest BCUT2D eigenvalue weighted by Gasteiger charge is 2.27. The lowest BCUT2D eigenvalue weighted by atomic mass is 9.93. The molecule has 0 spiro atoms. The first-order valence-electron chi connectivity index (χ1n) is 8.35. The van der Waals surface area contributed by atoms with Crippen LogP contribution in [0.4, 0.5) is 0 Å². The summed E-state index contributed by atoms with van der Waals surface area (Å²) in [4.78, 5) is 0. The molecular formula is C19H23NO3S. The highest BCUT2D eigenvalue weighted by molar-refractivity contribution is 7.86. The maximum Gasteiger partial charge on any atom is 0.268 e. The van der Waals surface area contributed by atoms with Crippen molar-refractivity contribution in [3.8, 4) is 0 Å². The molecule has 0 aliphatic carbocycles. The third-order valence-electron chi connectivity index (χ3n) is 4.34. The SMILES string of the molecule is O=S(=O)(CC(c1ccccc1)c1ccccc1)OC1CCNCC1. The topological polar surface area (TPSA) is 55.4 Å². The van der Waals surface area contributed by atoms with Gasteiger partial charge in [-0.2, -0.15) is 8.42 Å². The Balaban J connectivity index is 1.81. The highest BCUT2D eigenvalue weighted by Crippen LogP contribution is 2.27. The van der Waals surface area contributed by atoms with Crippen molar-refractivity contribution in [3.05, 3.63) is 71.8 Å². The van der Waals surface area contributed by atoms with E-state index in [4.69, 9.17) is 4.18 Å². The smallest absolute Gasteiger partial charge is 0.268 e. The minimum atomic E-state index is -3.60. The summed E-state index contributed by atoms with van der Waals surface area (Å²) in [5.74, 6) is -0.260. The fourth-order valence-corrected chi connectivity index (χ4v) is 4.58. The Morgan fingerprint density at radius 3 is 1.92 bits per heavy atom. The molecule has 0 unspecified atom stereocenters. The first-order valence-corrected chi connectivity index (χ1v) is 9.93. The number of hydrogen-bond acceptors (Lipinski definition) is 4. The van der Waals surface area contributed by atoms with Crippen molar-refractivity contribution in [2.24, 2.45) is 0 Å². The maximum atomic E-state index is 12.6. The van der Waals surface area contributed by atoms with Crippen molar-refractivity contribution in [3.63, 3.8) is 0 Å². The van der Waals surface area contributed by atoms with Crippen LogP contribution in [-0.4, -0.2) is 33.4 Å². The summed E-state index contributed by atoms with van der Waals surface area (Å²) in [7, 11) is -3.60. The Labute approximate surface area is 144 Å². The molecular weight excluding hydrogens is 322 g/mol. The summed E-state index contributed by atoms with van der Waals surface area (Å²) >= 11 is 0. The van der Waals surface area contributed by atoms with Gasteiger partial charge in [0.2, 0.25) is 0 Å². The van der Waals surface area contributed by atoms with E-state index in [2.05, 4.69) is 5.32 Å². The zero-order valence-electron chi connectivity index (χ0n) is 13.6. The number of benzene rings is 2. The predicted octanol–water partition coefficient (Wildman–Crippen LogP) is 2.92. The third kappa shape index (κ3) is 4.66. The van der Waals surface area contributed by atoms with Crippen LogP contribution in [-0.2, 0) is 14.3 Å². The molecule has 1 aliphatic rings. The molecule has 24 heavy (non-hydrogen) atoms. The zero-order valence-corrected chi connectivity index (χ0v) is 14.4. The first-order chi connectivity index (χ1) is 11.6. The molecule has 5 heteroatoms. The number of piperidine rings is 1. The van der Waals surface area contributed by atoms with Crippen molar-refractivity contribution < 1.29 is 12.6 Å². The van der Waals surface area contributed by atoms with Gasteiger partial charge in [-0.1, -0.05) is 60.7 Å². The maximum absolute atomic E-state index is 12.6. The van der Waals surface area contributed by atoms with Gasteiger partial charge in [0.15, 0.2) is 0 Å². The van der Waals surface area contributed by atoms with Gasteiger partial charge in [0.25, 0.3) is 10.1 Å². The van der Waals surface area contributed by atoms with E-state index in [1.165, 1.54) is 0 Å². The van der Waals surface area contributed by atoms with Crippen LogP contribution < -0.4 is 5.32 Å². The fraction of sp³-hybridized carbons (Fsp3) is 0.368. The molecule has 0 aromatic heterocycles. The van der Waals surface area contributed by atoms with E-state index in [1.807, 2.05) is 60.7 Å². The molecule has 0 saturated carbocycles. The lowest BCUT2D eigenvalue weighted by Crippen LogP contribution is -2.34. The molecule has 1 heterocycles. The van der Waals surface area contributed by atoms with Crippen LogP contribution in [0.3, 0.4) is 0 Å². The van der Waals surface area contributed by atoms with Gasteiger partial charge >= 0.3 is 0 Å². The molecule has 0 radical (unpaired) electrons. The van der Waals surface area contributed by atoms with Crippen LogP contribution in [0.1, 0.15) is 29.9 Å². The van der Waals surface area contributed by atoms with Gasteiger partial charge in [0, 0.05) is 5.92 Å². The molecule has 1 aliphatic heterocycles. The number of nitrogens with one attached hydrogen (secondary N) is 1. The Bertz CT molecular complexity index is 686. The second-order valence-electron chi connectivity index (χ2n) is 6.14. The highest BCUT2D eigenvalue weighted by atomic mass is 32.2. The molecule has 3 rings (SSSR count). The Hall–Kier alpha value is -1.69. The van der Waals surface area contributed by atoms with Crippen molar-refractivity contribution in [1.82, 2.24) is 5.32 Å². The minimum absolute atomic E-state index is 0.0368. The zero-order chi connectivity index (χ0) is 16.8. The van der Waals surface area contributed by atoms with E-state index in [-0.39, 0.29) is 17.8 Å². The van der Waals surface area contributed by atoms with Crippen LogP contribution in [0.2, 0.25) is 0 Å². The molecule has 0 bridgehead atoms. The average Bonchev–Trinajstić information content (AvgIpc) is 2.62. The van der Waals surface area contributed by atoms with Crippen molar-refractivity contribution in [2.45, 2.75) is 24.9 Å². The van der Waals surface area contributed by atoms with Gasteiger partial charge in [-0.25, -0.2) is 0 Å². The first kappa shape index (κ1) is 17.1. The van der Waals surface area contributed by atoms with Crippen LogP contribution in [0.25, 0.3) is 0 Å². The summed E-state index contributed by atoms with van der Waals surface area (Å²) in [6.45, 7) is 1.61. The number of hydrogen-bond donors (Lipinski definition) is 1. The molecule has 1 fully saturated rings. The van der Waals surface area contributed by atoms with Gasteiger partial charge in [-0.05, 0) is 37.1 Å². The molecule has 4 nitrogen and oxygen atoms in total. The molecule has 1 saturated heterocycles. The summed E-state index contributed by atoms with van der Waals surface area (Å²) in [5.41, 5.74) is 1.97. The number of rotatable bonds is 6. The van der Waals surface area contributed by atoms with E-state index in [1.54, 1.807) is 0 Å². The second-order valence-corrected chi connectivity index (χ2v) is 7.79. The lowest BCUT2D eigenvalue weighted by Gasteiger charge is -2.24. The normalized spacial score (nSPS) is 16.4. The van der Waals surface area contributed by atoms with Crippen LogP contribution in [0.5, 0.6) is 0 Å². The van der Waals surface area contributed by atoms with Crippen LogP contribution in [0, 0.1) is 0 Å². The van der Waals surface area contributed by atoms with E-state index in [0.717, 1.165) is 37.1 Å². The molecule has 0 amide bonds.